The monoisotopic (exact) mass is 494 g/mol. The molecule has 7 nitrogen and oxygen atoms in total. The number of aliphatic imine (C=N–C) groups is 1. The molecule has 2 aromatic carbocycles. The third-order valence-electron chi connectivity index (χ3n) is 7.72. The lowest BCUT2D eigenvalue weighted by atomic mass is 9.63. The van der Waals surface area contributed by atoms with Crippen molar-refractivity contribution in [1.82, 2.24) is 14.9 Å². The number of anilines is 1. The molecule has 1 aliphatic heterocycles. The lowest BCUT2D eigenvalue weighted by molar-refractivity contribution is 0.319. The van der Waals surface area contributed by atoms with Crippen LogP contribution < -0.4 is 9.64 Å². The summed E-state index contributed by atoms with van der Waals surface area (Å²) in [5, 5.41) is 9.17. The molecular formula is C30H34N6O. The van der Waals surface area contributed by atoms with Gasteiger partial charge in [-0.2, -0.15) is 5.26 Å². The lowest BCUT2D eigenvalue weighted by Crippen LogP contribution is -2.50. The van der Waals surface area contributed by atoms with Gasteiger partial charge in [0.15, 0.2) is 0 Å². The average molecular weight is 495 g/mol. The van der Waals surface area contributed by atoms with Crippen LogP contribution in [0.25, 0.3) is 11.3 Å². The minimum atomic E-state index is 0.150. The third kappa shape index (κ3) is 5.15. The minimum Gasteiger partial charge on any atom is -0.425 e. The number of piperazine rings is 1. The van der Waals surface area contributed by atoms with Gasteiger partial charge in [-0.1, -0.05) is 58.0 Å². The largest absolute Gasteiger partial charge is 0.425 e. The van der Waals surface area contributed by atoms with E-state index in [0.717, 1.165) is 17.2 Å². The fourth-order valence-corrected chi connectivity index (χ4v) is 5.30. The van der Waals surface area contributed by atoms with E-state index in [2.05, 4.69) is 60.8 Å². The molecule has 0 bridgehead atoms. The highest BCUT2D eigenvalue weighted by molar-refractivity contribution is 5.77. The molecule has 0 saturated carbocycles. The molecule has 37 heavy (non-hydrogen) atoms. The SMILES string of the molecule is CC1(C)CCC(C)(C)c2cc(-c3ccnc(N4CCN(/C(=N/C#N)Oc5ccccc5)CC4)n3)ccc21. The van der Waals surface area contributed by atoms with E-state index in [1.807, 2.05) is 53.7 Å². The molecule has 0 radical (unpaired) electrons. The fraction of sp³-hybridized carbons (Fsp3) is 0.400. The van der Waals surface area contributed by atoms with Crippen LogP contribution in [0, 0.1) is 11.5 Å². The van der Waals surface area contributed by atoms with E-state index in [1.54, 1.807) is 0 Å². The molecule has 1 saturated heterocycles. The highest BCUT2D eigenvalue weighted by Gasteiger charge is 2.37. The molecule has 190 valence electrons. The number of aromatic nitrogens is 2. The summed E-state index contributed by atoms with van der Waals surface area (Å²) in [7, 11) is 0. The Morgan fingerprint density at radius 1 is 0.919 bits per heavy atom. The van der Waals surface area contributed by atoms with Gasteiger partial charge in [0.1, 0.15) is 5.75 Å². The zero-order valence-electron chi connectivity index (χ0n) is 22.1. The zero-order valence-corrected chi connectivity index (χ0v) is 22.1. The second-order valence-corrected chi connectivity index (χ2v) is 11.2. The highest BCUT2D eigenvalue weighted by Crippen LogP contribution is 2.46. The van der Waals surface area contributed by atoms with Gasteiger partial charge in [-0.25, -0.2) is 9.97 Å². The number of hydrogen-bond acceptors (Lipinski definition) is 6. The van der Waals surface area contributed by atoms with Crippen molar-refractivity contribution < 1.29 is 4.74 Å². The Balaban J connectivity index is 1.32. The minimum absolute atomic E-state index is 0.150. The Hall–Kier alpha value is -3.92. The smallest absolute Gasteiger partial charge is 0.308 e. The molecule has 0 N–H and O–H groups in total. The van der Waals surface area contributed by atoms with Crippen LogP contribution in [0.2, 0.25) is 0 Å². The number of nitrogens with zero attached hydrogens (tertiary/aromatic N) is 6. The van der Waals surface area contributed by atoms with Crippen molar-refractivity contribution in [2.45, 2.75) is 51.4 Å². The molecule has 0 unspecified atom stereocenters. The van der Waals surface area contributed by atoms with Crippen molar-refractivity contribution in [2.75, 3.05) is 31.1 Å². The highest BCUT2D eigenvalue weighted by atomic mass is 16.5. The standard InChI is InChI=1S/C30H34N6O/c1-29(2)13-14-30(3,4)25-20-22(10-11-24(25)29)26-12-15-32-27(34-26)35-16-18-36(19-17-35)28(33-21-31)37-23-8-6-5-7-9-23/h5-12,15,20H,13-14,16-19H2,1-4H3/b33-28-. The van der Waals surface area contributed by atoms with Crippen molar-refractivity contribution >= 4 is 12.0 Å². The van der Waals surface area contributed by atoms with Gasteiger partial charge in [-0.15, -0.1) is 4.99 Å². The first-order valence-corrected chi connectivity index (χ1v) is 12.9. The van der Waals surface area contributed by atoms with Gasteiger partial charge in [0.25, 0.3) is 0 Å². The second-order valence-electron chi connectivity index (χ2n) is 11.2. The number of ether oxygens (including phenoxy) is 1. The molecule has 7 heteroatoms. The van der Waals surface area contributed by atoms with Crippen LogP contribution in [-0.2, 0) is 10.8 Å². The number of amidine groups is 1. The van der Waals surface area contributed by atoms with Crippen LogP contribution in [0.5, 0.6) is 5.75 Å². The summed E-state index contributed by atoms with van der Waals surface area (Å²) in [6.07, 6.45) is 6.10. The maximum absolute atomic E-state index is 9.17. The average Bonchev–Trinajstić information content (AvgIpc) is 2.92. The third-order valence-corrected chi connectivity index (χ3v) is 7.72. The molecule has 1 aromatic heterocycles. The summed E-state index contributed by atoms with van der Waals surface area (Å²) in [6.45, 7) is 12.1. The second kappa shape index (κ2) is 9.85. The molecule has 0 atom stereocenters. The molecule has 1 fully saturated rings. The Bertz CT molecular complexity index is 1330. The van der Waals surface area contributed by atoms with E-state index in [4.69, 9.17) is 9.72 Å². The van der Waals surface area contributed by atoms with Crippen molar-refractivity contribution in [3.63, 3.8) is 0 Å². The molecule has 2 aliphatic rings. The topological polar surface area (TPSA) is 77.6 Å². The van der Waals surface area contributed by atoms with Crippen LogP contribution >= 0.6 is 0 Å². The van der Waals surface area contributed by atoms with Gasteiger partial charge in [0, 0.05) is 37.9 Å². The summed E-state index contributed by atoms with van der Waals surface area (Å²) >= 11 is 0. The maximum atomic E-state index is 9.17. The fourth-order valence-electron chi connectivity index (χ4n) is 5.30. The number of rotatable bonds is 3. The summed E-state index contributed by atoms with van der Waals surface area (Å²) in [5.74, 6) is 1.38. The maximum Gasteiger partial charge on any atom is 0.308 e. The predicted molar refractivity (Wildman–Crippen MR) is 147 cm³/mol. The van der Waals surface area contributed by atoms with Crippen LogP contribution in [-0.4, -0.2) is 47.1 Å². The lowest BCUT2D eigenvalue weighted by Gasteiger charge is -2.42. The molecule has 5 rings (SSSR count). The van der Waals surface area contributed by atoms with E-state index in [-0.39, 0.29) is 10.8 Å². The summed E-state index contributed by atoms with van der Waals surface area (Å²) < 4.78 is 5.89. The van der Waals surface area contributed by atoms with E-state index < -0.39 is 0 Å². The molecule has 0 amide bonds. The summed E-state index contributed by atoms with van der Waals surface area (Å²) in [5.41, 5.74) is 5.29. The van der Waals surface area contributed by atoms with Crippen LogP contribution in [0.1, 0.15) is 51.7 Å². The Morgan fingerprint density at radius 2 is 1.62 bits per heavy atom. The number of hydrogen-bond donors (Lipinski definition) is 0. The van der Waals surface area contributed by atoms with Crippen molar-refractivity contribution in [3.05, 3.63) is 71.9 Å². The summed E-state index contributed by atoms with van der Waals surface area (Å²) in [6, 6.07) is 18.6. The first-order valence-electron chi connectivity index (χ1n) is 12.9. The first kappa shape index (κ1) is 24.8. The van der Waals surface area contributed by atoms with E-state index in [1.165, 1.54) is 24.0 Å². The Labute approximate surface area is 219 Å². The van der Waals surface area contributed by atoms with Gasteiger partial charge < -0.3 is 14.5 Å². The predicted octanol–water partition coefficient (Wildman–Crippen LogP) is 5.53. The number of fused-ring (bicyclic) bond motifs is 1. The van der Waals surface area contributed by atoms with Gasteiger partial charge >= 0.3 is 6.02 Å². The Kier molecular flexibility index (Phi) is 6.59. The zero-order chi connectivity index (χ0) is 26.0. The number of para-hydroxylation sites is 1. The van der Waals surface area contributed by atoms with Crippen molar-refractivity contribution in [1.29, 1.82) is 5.26 Å². The van der Waals surface area contributed by atoms with Gasteiger partial charge in [0.05, 0.1) is 5.69 Å². The van der Waals surface area contributed by atoms with E-state index >= 15 is 0 Å². The quantitative estimate of drug-likeness (QED) is 0.271. The van der Waals surface area contributed by atoms with Crippen molar-refractivity contribution in [2.24, 2.45) is 4.99 Å². The van der Waals surface area contributed by atoms with E-state index in [9.17, 15) is 5.26 Å². The molecule has 0 spiro atoms. The van der Waals surface area contributed by atoms with Gasteiger partial charge in [-0.05, 0) is 59.1 Å². The molecular weight excluding hydrogens is 460 g/mol. The van der Waals surface area contributed by atoms with Crippen LogP contribution in [0.3, 0.4) is 0 Å². The number of benzene rings is 2. The molecule has 1 aliphatic carbocycles. The molecule has 3 aromatic rings. The van der Waals surface area contributed by atoms with Crippen LogP contribution in [0.4, 0.5) is 5.95 Å². The first-order chi connectivity index (χ1) is 17.8. The van der Waals surface area contributed by atoms with Gasteiger partial charge in [-0.3, -0.25) is 0 Å². The van der Waals surface area contributed by atoms with Crippen molar-refractivity contribution in [3.8, 4) is 23.2 Å². The van der Waals surface area contributed by atoms with E-state index in [0.29, 0.717) is 38.0 Å². The Morgan fingerprint density at radius 3 is 2.32 bits per heavy atom. The molecule has 2 heterocycles. The van der Waals surface area contributed by atoms with Crippen LogP contribution in [0.15, 0.2) is 65.8 Å². The normalized spacial score (nSPS) is 18.6. The van der Waals surface area contributed by atoms with Gasteiger partial charge in [0.2, 0.25) is 12.1 Å². The summed E-state index contributed by atoms with van der Waals surface area (Å²) in [4.78, 5) is 17.6. The number of nitriles is 1.